The second-order valence-corrected chi connectivity index (χ2v) is 13.1. The summed E-state index contributed by atoms with van der Waals surface area (Å²) in [5.74, 6) is 0.830. The fourth-order valence-electron chi connectivity index (χ4n) is 7.57. The predicted octanol–water partition coefficient (Wildman–Crippen LogP) is 13.3. The first kappa shape index (κ1) is 29.9. The highest BCUT2D eigenvalue weighted by Gasteiger charge is 2.25. The number of imidazole rings is 1. The van der Waals surface area contributed by atoms with Gasteiger partial charge < -0.3 is 4.42 Å². The molecular formula is C49H32N2O. The molecule has 8 aromatic carbocycles. The fraction of sp³-hybridized carbons (Fsp3) is 0. The lowest BCUT2D eigenvalue weighted by atomic mass is 9.90. The largest absolute Gasteiger partial charge is 0.455 e. The minimum absolute atomic E-state index is 0.822. The van der Waals surface area contributed by atoms with Gasteiger partial charge in [-0.25, -0.2) is 4.98 Å². The molecule has 2 heterocycles. The summed E-state index contributed by atoms with van der Waals surface area (Å²) in [5.41, 5.74) is 14.7. The molecule has 0 bridgehead atoms. The van der Waals surface area contributed by atoms with Gasteiger partial charge in [0, 0.05) is 21.9 Å². The Kier molecular flexibility index (Phi) is 7.14. The molecule has 0 unspecified atom stereocenters. The van der Waals surface area contributed by atoms with E-state index in [9.17, 15) is 0 Å². The van der Waals surface area contributed by atoms with Crippen molar-refractivity contribution in [1.29, 1.82) is 0 Å². The van der Waals surface area contributed by atoms with Crippen LogP contribution in [0.1, 0.15) is 0 Å². The van der Waals surface area contributed by atoms with Gasteiger partial charge >= 0.3 is 0 Å². The molecule has 0 spiro atoms. The Bertz CT molecular complexity index is 2810. The van der Waals surface area contributed by atoms with Crippen LogP contribution in [0.15, 0.2) is 199 Å². The van der Waals surface area contributed by atoms with Crippen molar-refractivity contribution in [3.63, 3.8) is 0 Å². The topological polar surface area (TPSA) is 31.0 Å². The summed E-state index contributed by atoms with van der Waals surface area (Å²) in [4.78, 5) is 5.40. The van der Waals surface area contributed by atoms with Crippen molar-refractivity contribution < 1.29 is 4.42 Å². The van der Waals surface area contributed by atoms with E-state index >= 15 is 0 Å². The monoisotopic (exact) mass is 664 g/mol. The van der Waals surface area contributed by atoms with Crippen LogP contribution in [0.5, 0.6) is 0 Å². The van der Waals surface area contributed by atoms with E-state index in [0.717, 1.165) is 89.0 Å². The Hall–Kier alpha value is -6.97. The lowest BCUT2D eigenvalue weighted by molar-refractivity contribution is 0.669. The summed E-state index contributed by atoms with van der Waals surface area (Å²) in [6.45, 7) is 0. The van der Waals surface area contributed by atoms with Gasteiger partial charge in [-0.1, -0.05) is 152 Å². The highest BCUT2D eigenvalue weighted by atomic mass is 16.3. The number of nitrogens with zero attached hydrogens (tertiary/aromatic N) is 2. The summed E-state index contributed by atoms with van der Waals surface area (Å²) in [5, 5.41) is 2.15. The number of para-hydroxylation sites is 3. The van der Waals surface area contributed by atoms with Crippen LogP contribution in [-0.4, -0.2) is 9.55 Å². The van der Waals surface area contributed by atoms with Crippen LogP contribution in [0.3, 0.4) is 0 Å². The average Bonchev–Trinajstić information content (AvgIpc) is 3.80. The second kappa shape index (κ2) is 12.4. The molecule has 0 saturated heterocycles. The number of hydrogen-bond donors (Lipinski definition) is 0. The molecule has 0 aliphatic rings. The SMILES string of the molecule is c1ccc(-c2cc(-c3ccccc3)c(-n3c(-c4cccc5c4oc4cc(-c6ccccc6)ccc45)nc4ccccc43)c(-c3ccccc3)c2)cc1. The van der Waals surface area contributed by atoms with E-state index in [1.54, 1.807) is 0 Å². The molecular weight excluding hydrogens is 633 g/mol. The maximum absolute atomic E-state index is 6.84. The van der Waals surface area contributed by atoms with E-state index in [4.69, 9.17) is 9.40 Å². The number of fused-ring (bicyclic) bond motifs is 4. The van der Waals surface area contributed by atoms with Crippen LogP contribution >= 0.6 is 0 Å². The molecule has 0 fully saturated rings. The first-order valence-corrected chi connectivity index (χ1v) is 17.6. The Morgan fingerprint density at radius 3 is 1.58 bits per heavy atom. The van der Waals surface area contributed by atoms with Crippen LogP contribution in [0.25, 0.3) is 94.6 Å². The molecule has 10 rings (SSSR count). The molecule has 3 nitrogen and oxygen atoms in total. The molecule has 0 aliphatic carbocycles. The third-order valence-corrected chi connectivity index (χ3v) is 10.0. The predicted molar refractivity (Wildman–Crippen MR) is 216 cm³/mol. The molecule has 0 N–H and O–H groups in total. The Labute approximate surface area is 301 Å². The zero-order valence-corrected chi connectivity index (χ0v) is 28.3. The van der Waals surface area contributed by atoms with Gasteiger partial charge in [-0.05, 0) is 75.8 Å². The second-order valence-electron chi connectivity index (χ2n) is 13.1. The van der Waals surface area contributed by atoms with Gasteiger partial charge in [0.25, 0.3) is 0 Å². The maximum atomic E-state index is 6.84. The quantitative estimate of drug-likeness (QED) is 0.177. The molecule has 3 heteroatoms. The van der Waals surface area contributed by atoms with Crippen molar-refractivity contribution >= 4 is 33.0 Å². The number of rotatable bonds is 6. The summed E-state index contributed by atoms with van der Waals surface area (Å²) in [6, 6.07) is 68.5. The van der Waals surface area contributed by atoms with Gasteiger partial charge in [-0.2, -0.15) is 0 Å². The molecule has 10 aromatic rings. The van der Waals surface area contributed by atoms with Crippen LogP contribution in [-0.2, 0) is 0 Å². The van der Waals surface area contributed by atoms with Gasteiger partial charge in [0.2, 0.25) is 0 Å². The van der Waals surface area contributed by atoms with E-state index in [1.807, 2.05) is 6.07 Å². The van der Waals surface area contributed by atoms with E-state index in [2.05, 4.69) is 193 Å². The Morgan fingerprint density at radius 1 is 0.385 bits per heavy atom. The highest BCUT2D eigenvalue weighted by Crippen LogP contribution is 2.45. The van der Waals surface area contributed by atoms with E-state index in [-0.39, 0.29) is 0 Å². The minimum Gasteiger partial charge on any atom is -0.455 e. The molecule has 0 aliphatic heterocycles. The molecule has 0 saturated carbocycles. The average molecular weight is 665 g/mol. The maximum Gasteiger partial charge on any atom is 0.149 e. The van der Waals surface area contributed by atoms with E-state index in [0.29, 0.717) is 0 Å². The number of furan rings is 1. The summed E-state index contributed by atoms with van der Waals surface area (Å²) < 4.78 is 9.19. The van der Waals surface area contributed by atoms with Gasteiger partial charge in [-0.3, -0.25) is 4.57 Å². The van der Waals surface area contributed by atoms with Crippen molar-refractivity contribution in [2.45, 2.75) is 0 Å². The van der Waals surface area contributed by atoms with Crippen molar-refractivity contribution in [3.05, 3.63) is 194 Å². The van der Waals surface area contributed by atoms with Gasteiger partial charge in [-0.15, -0.1) is 0 Å². The van der Waals surface area contributed by atoms with Crippen LogP contribution in [0.2, 0.25) is 0 Å². The minimum atomic E-state index is 0.822. The summed E-state index contributed by atoms with van der Waals surface area (Å²) >= 11 is 0. The Morgan fingerprint density at radius 2 is 0.942 bits per heavy atom. The zero-order chi connectivity index (χ0) is 34.4. The third kappa shape index (κ3) is 5.02. The van der Waals surface area contributed by atoms with E-state index in [1.165, 1.54) is 5.56 Å². The van der Waals surface area contributed by atoms with Crippen molar-refractivity contribution in [2.75, 3.05) is 0 Å². The molecule has 2 aromatic heterocycles. The van der Waals surface area contributed by atoms with Crippen molar-refractivity contribution in [1.82, 2.24) is 9.55 Å². The fourth-order valence-corrected chi connectivity index (χ4v) is 7.57. The van der Waals surface area contributed by atoms with Crippen LogP contribution < -0.4 is 0 Å². The number of aromatic nitrogens is 2. The summed E-state index contributed by atoms with van der Waals surface area (Å²) in [6.07, 6.45) is 0. The number of benzene rings is 8. The van der Waals surface area contributed by atoms with Crippen molar-refractivity contribution in [2.24, 2.45) is 0 Å². The molecule has 0 amide bonds. The lowest BCUT2D eigenvalue weighted by Gasteiger charge is -2.21. The Balaban J connectivity index is 1.30. The lowest BCUT2D eigenvalue weighted by Crippen LogP contribution is -2.04. The number of hydrogen-bond acceptors (Lipinski definition) is 2. The summed E-state index contributed by atoms with van der Waals surface area (Å²) in [7, 11) is 0. The first-order chi connectivity index (χ1) is 25.8. The van der Waals surface area contributed by atoms with Crippen LogP contribution in [0, 0.1) is 0 Å². The van der Waals surface area contributed by atoms with Crippen LogP contribution in [0.4, 0.5) is 0 Å². The molecule has 0 radical (unpaired) electrons. The van der Waals surface area contributed by atoms with Crippen molar-refractivity contribution in [3.8, 4) is 61.6 Å². The van der Waals surface area contributed by atoms with Gasteiger partial charge in [0.1, 0.15) is 17.0 Å². The normalized spacial score (nSPS) is 11.5. The van der Waals surface area contributed by atoms with E-state index < -0.39 is 0 Å². The standard InChI is InChI=1S/C49H32N2O/c1-5-16-33(17-6-1)37-28-29-39-40-24-15-25-41(48(40)52-46(39)32-37)49-50-44-26-13-14-27-45(44)51(49)47-42(35-20-9-3-10-21-35)30-38(34-18-7-2-8-19-34)31-43(47)36-22-11-4-12-23-36/h1-32H. The van der Waals surface area contributed by atoms with Gasteiger partial charge in [0.05, 0.1) is 22.3 Å². The third-order valence-electron chi connectivity index (χ3n) is 10.0. The molecule has 52 heavy (non-hydrogen) atoms. The smallest absolute Gasteiger partial charge is 0.149 e. The molecule has 0 atom stereocenters. The zero-order valence-electron chi connectivity index (χ0n) is 28.3. The van der Waals surface area contributed by atoms with Gasteiger partial charge in [0.15, 0.2) is 0 Å². The molecule has 244 valence electrons. The highest BCUT2D eigenvalue weighted by molar-refractivity contribution is 6.10. The first-order valence-electron chi connectivity index (χ1n) is 17.6.